The van der Waals surface area contributed by atoms with Crippen LogP contribution in [0.25, 0.3) is 0 Å². The van der Waals surface area contributed by atoms with Crippen LogP contribution < -0.4 is 5.32 Å². The van der Waals surface area contributed by atoms with E-state index in [9.17, 15) is 24.1 Å². The van der Waals surface area contributed by atoms with Gasteiger partial charge in [0.25, 0.3) is 11.6 Å². The highest BCUT2D eigenvalue weighted by atomic mass is 19.1. The summed E-state index contributed by atoms with van der Waals surface area (Å²) in [5, 5.41) is 21.1. The molecule has 0 aliphatic rings. The van der Waals surface area contributed by atoms with Crippen molar-refractivity contribution in [3.05, 3.63) is 39.7 Å². The van der Waals surface area contributed by atoms with E-state index >= 15 is 0 Å². The lowest BCUT2D eigenvalue weighted by atomic mass is 10.1. The predicted octanol–water partition coefficient (Wildman–Crippen LogP) is 1.85. The predicted molar refractivity (Wildman–Crippen MR) is 75.3 cm³/mol. The molecule has 0 bridgehead atoms. The third kappa shape index (κ3) is 5.00. The zero-order valence-electron chi connectivity index (χ0n) is 11.9. The Morgan fingerprint density at radius 3 is 2.64 bits per heavy atom. The SMILES string of the molecule is CN(CCCCNC(=O)O)C(=O)c1ccc([N+](=O)[O-])cc1F. The van der Waals surface area contributed by atoms with Gasteiger partial charge in [-0.15, -0.1) is 0 Å². The number of hydrogen-bond acceptors (Lipinski definition) is 4. The van der Waals surface area contributed by atoms with E-state index in [1.165, 1.54) is 11.9 Å². The van der Waals surface area contributed by atoms with E-state index < -0.39 is 28.4 Å². The van der Waals surface area contributed by atoms with Crippen LogP contribution in [0.4, 0.5) is 14.9 Å². The molecule has 22 heavy (non-hydrogen) atoms. The number of halogens is 1. The number of nitro groups is 1. The van der Waals surface area contributed by atoms with Gasteiger partial charge in [-0.25, -0.2) is 9.18 Å². The molecule has 0 spiro atoms. The van der Waals surface area contributed by atoms with Crippen molar-refractivity contribution in [2.75, 3.05) is 20.1 Å². The minimum atomic E-state index is -1.11. The Hall–Kier alpha value is -2.71. The number of hydrogen-bond donors (Lipinski definition) is 2. The summed E-state index contributed by atoms with van der Waals surface area (Å²) >= 11 is 0. The number of non-ortho nitro benzene ring substituents is 1. The van der Waals surface area contributed by atoms with Crippen LogP contribution in [0.2, 0.25) is 0 Å². The van der Waals surface area contributed by atoms with E-state index in [0.29, 0.717) is 25.5 Å². The van der Waals surface area contributed by atoms with Gasteiger partial charge in [0.05, 0.1) is 16.6 Å². The van der Waals surface area contributed by atoms with E-state index in [1.807, 2.05) is 0 Å². The van der Waals surface area contributed by atoms with Crippen LogP contribution in [0.5, 0.6) is 0 Å². The Balaban J connectivity index is 2.56. The number of unbranched alkanes of at least 4 members (excludes halogenated alkanes) is 1. The van der Waals surface area contributed by atoms with Gasteiger partial charge in [0.15, 0.2) is 0 Å². The molecular formula is C13H16FN3O5. The quantitative estimate of drug-likeness (QED) is 0.453. The average Bonchev–Trinajstić information content (AvgIpc) is 2.45. The molecule has 8 nitrogen and oxygen atoms in total. The van der Waals surface area contributed by atoms with Crippen molar-refractivity contribution in [1.82, 2.24) is 10.2 Å². The molecular weight excluding hydrogens is 297 g/mol. The molecule has 9 heteroatoms. The summed E-state index contributed by atoms with van der Waals surface area (Å²) in [6, 6.07) is 2.86. The van der Waals surface area contributed by atoms with Crippen LogP contribution >= 0.6 is 0 Å². The third-order valence-electron chi connectivity index (χ3n) is 2.94. The molecule has 0 saturated carbocycles. The van der Waals surface area contributed by atoms with Gasteiger partial charge in [-0.1, -0.05) is 0 Å². The fourth-order valence-electron chi connectivity index (χ4n) is 1.77. The normalized spacial score (nSPS) is 10.1. The summed E-state index contributed by atoms with van der Waals surface area (Å²) in [4.78, 5) is 33.3. The number of carbonyl (C=O) groups is 2. The summed E-state index contributed by atoms with van der Waals surface area (Å²) in [6.07, 6.45) is -0.0403. The number of carbonyl (C=O) groups excluding carboxylic acids is 1. The first-order valence-electron chi connectivity index (χ1n) is 6.49. The summed E-state index contributed by atoms with van der Waals surface area (Å²) in [5.74, 6) is -1.53. The number of amides is 2. The lowest BCUT2D eigenvalue weighted by molar-refractivity contribution is -0.385. The van der Waals surface area contributed by atoms with Gasteiger partial charge >= 0.3 is 6.09 Å². The molecule has 0 radical (unpaired) electrons. The first-order valence-corrected chi connectivity index (χ1v) is 6.49. The minimum absolute atomic E-state index is 0.239. The summed E-state index contributed by atoms with van der Waals surface area (Å²) in [7, 11) is 1.48. The largest absolute Gasteiger partial charge is 0.465 e. The van der Waals surface area contributed by atoms with E-state index in [-0.39, 0.29) is 12.1 Å². The second-order valence-electron chi connectivity index (χ2n) is 4.59. The molecule has 1 aromatic carbocycles. The van der Waals surface area contributed by atoms with Gasteiger partial charge in [-0.05, 0) is 18.9 Å². The Morgan fingerprint density at radius 1 is 1.41 bits per heavy atom. The third-order valence-corrected chi connectivity index (χ3v) is 2.94. The van der Waals surface area contributed by atoms with Gasteiger partial charge < -0.3 is 15.3 Å². The number of nitrogens with zero attached hydrogens (tertiary/aromatic N) is 2. The van der Waals surface area contributed by atoms with Crippen LogP contribution in [-0.2, 0) is 0 Å². The minimum Gasteiger partial charge on any atom is -0.465 e. The maximum Gasteiger partial charge on any atom is 0.404 e. The zero-order valence-corrected chi connectivity index (χ0v) is 11.9. The lowest BCUT2D eigenvalue weighted by Gasteiger charge is -2.17. The van der Waals surface area contributed by atoms with Crippen LogP contribution in [0.3, 0.4) is 0 Å². The lowest BCUT2D eigenvalue weighted by Crippen LogP contribution is -2.29. The topological polar surface area (TPSA) is 113 Å². The van der Waals surface area contributed by atoms with Crippen LogP contribution in [-0.4, -0.2) is 47.1 Å². The number of carboxylic acid groups (broad SMARTS) is 1. The van der Waals surface area contributed by atoms with Crippen molar-refractivity contribution in [2.45, 2.75) is 12.8 Å². The highest BCUT2D eigenvalue weighted by Gasteiger charge is 2.18. The summed E-state index contributed by atoms with van der Waals surface area (Å²) < 4.78 is 13.7. The van der Waals surface area contributed by atoms with Crippen LogP contribution in [0.1, 0.15) is 23.2 Å². The molecule has 0 aliphatic heterocycles. The molecule has 1 aromatic rings. The molecule has 0 aromatic heterocycles. The number of benzene rings is 1. The Kier molecular flexibility index (Phi) is 6.24. The number of rotatable bonds is 7. The fraction of sp³-hybridized carbons (Fsp3) is 0.385. The van der Waals surface area contributed by atoms with Crippen molar-refractivity contribution >= 4 is 17.7 Å². The van der Waals surface area contributed by atoms with Crippen molar-refractivity contribution in [3.8, 4) is 0 Å². The summed E-state index contributed by atoms with van der Waals surface area (Å²) in [5.41, 5.74) is -0.659. The van der Waals surface area contributed by atoms with Gasteiger partial charge in [0, 0.05) is 26.2 Å². The van der Waals surface area contributed by atoms with Gasteiger partial charge in [-0.3, -0.25) is 14.9 Å². The number of nitro benzene ring substituents is 1. The molecule has 0 saturated heterocycles. The molecule has 1 rings (SSSR count). The molecule has 0 aliphatic carbocycles. The van der Waals surface area contributed by atoms with Gasteiger partial charge in [0.1, 0.15) is 5.82 Å². The van der Waals surface area contributed by atoms with E-state index in [0.717, 1.165) is 12.1 Å². The van der Waals surface area contributed by atoms with Crippen molar-refractivity contribution in [2.24, 2.45) is 0 Å². The Bertz CT molecular complexity index is 579. The fourth-order valence-corrected chi connectivity index (χ4v) is 1.77. The molecule has 120 valence electrons. The molecule has 0 unspecified atom stereocenters. The van der Waals surface area contributed by atoms with Gasteiger partial charge in [0.2, 0.25) is 0 Å². The molecule has 0 atom stereocenters. The maximum absolute atomic E-state index is 13.7. The van der Waals surface area contributed by atoms with Gasteiger partial charge in [-0.2, -0.15) is 0 Å². The van der Waals surface area contributed by atoms with E-state index in [2.05, 4.69) is 5.32 Å². The second-order valence-corrected chi connectivity index (χ2v) is 4.59. The summed E-state index contributed by atoms with van der Waals surface area (Å²) in [6.45, 7) is 0.583. The second kappa shape index (κ2) is 7.91. The first-order chi connectivity index (χ1) is 10.3. The molecule has 2 amide bonds. The monoisotopic (exact) mass is 313 g/mol. The van der Waals surface area contributed by atoms with Crippen molar-refractivity contribution in [1.29, 1.82) is 0 Å². The molecule has 0 fully saturated rings. The standard InChI is InChI=1S/C13H16FN3O5/c1-16(7-3-2-6-15-13(19)20)12(18)10-5-4-9(17(21)22)8-11(10)14/h4-5,8,15H,2-3,6-7H2,1H3,(H,19,20). The Labute approximate surface area is 125 Å². The van der Waals surface area contributed by atoms with Crippen LogP contribution in [0, 0.1) is 15.9 Å². The van der Waals surface area contributed by atoms with E-state index in [1.54, 1.807) is 0 Å². The average molecular weight is 313 g/mol. The smallest absolute Gasteiger partial charge is 0.404 e. The highest BCUT2D eigenvalue weighted by Crippen LogP contribution is 2.17. The molecule has 0 heterocycles. The number of nitrogens with one attached hydrogen (secondary N) is 1. The maximum atomic E-state index is 13.7. The van der Waals surface area contributed by atoms with Crippen molar-refractivity contribution in [3.63, 3.8) is 0 Å². The van der Waals surface area contributed by atoms with E-state index in [4.69, 9.17) is 5.11 Å². The van der Waals surface area contributed by atoms with Crippen LogP contribution in [0.15, 0.2) is 18.2 Å². The Morgan fingerprint density at radius 2 is 2.09 bits per heavy atom. The molecule has 2 N–H and O–H groups in total. The van der Waals surface area contributed by atoms with Crippen molar-refractivity contribution < 1.29 is 24.0 Å². The zero-order chi connectivity index (χ0) is 16.7. The highest BCUT2D eigenvalue weighted by molar-refractivity contribution is 5.94. The first kappa shape index (κ1) is 17.3.